The number of benzene rings is 2. The van der Waals surface area contributed by atoms with Crippen LogP contribution >= 0.6 is 0 Å². The lowest BCUT2D eigenvalue weighted by atomic mass is 9.98. The highest BCUT2D eigenvalue weighted by Gasteiger charge is 2.17. The number of rotatable bonds is 3. The summed E-state index contributed by atoms with van der Waals surface area (Å²) in [6.45, 7) is 0. The molecule has 1 aliphatic carbocycles. The lowest BCUT2D eigenvalue weighted by Crippen LogP contribution is -2.68. The molecule has 2 aliphatic rings. The summed E-state index contributed by atoms with van der Waals surface area (Å²) in [5.41, 5.74) is 11.3. The van der Waals surface area contributed by atoms with E-state index >= 15 is 0 Å². The largest absolute Gasteiger partial charge is 0.497 e. The minimum absolute atomic E-state index is 0.716. The first kappa shape index (κ1) is 24.0. The first-order valence-corrected chi connectivity index (χ1v) is 10.8. The Morgan fingerprint density at radius 2 is 1.36 bits per heavy atom. The van der Waals surface area contributed by atoms with E-state index in [1.807, 2.05) is 85.0 Å². The summed E-state index contributed by atoms with van der Waals surface area (Å²) in [5.74, 6) is 2.35. The molecule has 0 fully saturated rings. The molecule has 33 heavy (non-hydrogen) atoms. The quantitative estimate of drug-likeness (QED) is 0.521. The number of ether oxygens (including phenoxy) is 2. The third-order valence-electron chi connectivity index (χ3n) is 4.61. The van der Waals surface area contributed by atoms with Gasteiger partial charge in [-0.3, -0.25) is 5.41 Å². The van der Waals surface area contributed by atoms with Crippen LogP contribution in [0.1, 0.15) is 11.1 Å². The fourth-order valence-corrected chi connectivity index (χ4v) is 3.03. The molecule has 9 heteroatoms. The first-order chi connectivity index (χ1) is 15.6. The zero-order valence-corrected chi connectivity index (χ0v) is 18.3. The van der Waals surface area contributed by atoms with Crippen molar-refractivity contribution in [1.29, 1.82) is 0 Å². The maximum absolute atomic E-state index is 8.49. The summed E-state index contributed by atoms with van der Waals surface area (Å²) >= 11 is 0. The number of nitrogens with two attached hydrogens (primary N) is 2. The Labute approximate surface area is 192 Å². The van der Waals surface area contributed by atoms with Crippen molar-refractivity contribution in [2.45, 2.75) is 0 Å². The van der Waals surface area contributed by atoms with E-state index in [4.69, 9.17) is 39.3 Å². The number of anilines is 1. The van der Waals surface area contributed by atoms with E-state index in [-0.39, 0.29) is 0 Å². The monoisotopic (exact) mass is 468 g/mol. The maximum atomic E-state index is 8.49. The van der Waals surface area contributed by atoms with E-state index in [1.54, 1.807) is 7.11 Å². The number of nitrogen functional groups attached to an aromatic ring is 1. The molecule has 0 saturated carbocycles. The fraction of sp³-hybridized carbons (Fsp3) is 0.0417. The zero-order valence-electron chi connectivity index (χ0n) is 17.6. The molecule has 1 aliphatic heterocycles. The van der Waals surface area contributed by atoms with Crippen LogP contribution in [0.15, 0.2) is 96.3 Å². The van der Waals surface area contributed by atoms with Gasteiger partial charge in [0, 0.05) is 29.0 Å². The molecule has 0 unspecified atom stereocenters. The Bertz CT molecular complexity index is 1150. The lowest BCUT2D eigenvalue weighted by Gasteiger charge is -2.20. The van der Waals surface area contributed by atoms with Gasteiger partial charge in [-0.15, -0.1) is 10.2 Å². The van der Waals surface area contributed by atoms with Crippen molar-refractivity contribution in [3.05, 3.63) is 107 Å². The molecule has 8 nitrogen and oxygen atoms in total. The van der Waals surface area contributed by atoms with Gasteiger partial charge in [0.15, 0.2) is 5.71 Å². The lowest BCUT2D eigenvalue weighted by molar-refractivity contribution is -2.00. The molecule has 0 bridgehead atoms. The summed E-state index contributed by atoms with van der Waals surface area (Å²) in [5, 5.41) is 5.83. The topological polar surface area (TPSA) is 162 Å². The van der Waals surface area contributed by atoms with Crippen LogP contribution in [0.2, 0.25) is 0 Å². The van der Waals surface area contributed by atoms with Crippen molar-refractivity contribution >= 4 is 22.7 Å². The Hall–Kier alpha value is -3.66. The second kappa shape index (κ2) is 10.3. The molecule has 0 aromatic heterocycles. The SMILES string of the molecule is COc1ccc(C2=CC(=C3C=CC(=[NH2+])C=C3)OC(c3ccc(N)cc3)=C2)cc1.[O-][Cl+3]([O-])([O-])[O-]. The highest BCUT2D eigenvalue weighted by Crippen LogP contribution is 2.34. The van der Waals surface area contributed by atoms with Crippen molar-refractivity contribution < 1.29 is 43.8 Å². The van der Waals surface area contributed by atoms with Crippen LogP contribution in [0.5, 0.6) is 5.75 Å². The van der Waals surface area contributed by atoms with Crippen molar-refractivity contribution in [2.75, 3.05) is 12.8 Å². The minimum atomic E-state index is -4.94. The average molecular weight is 469 g/mol. The van der Waals surface area contributed by atoms with Gasteiger partial charge in [0.05, 0.1) is 7.11 Å². The van der Waals surface area contributed by atoms with Crippen LogP contribution in [0.4, 0.5) is 5.69 Å². The van der Waals surface area contributed by atoms with Gasteiger partial charge in [0.2, 0.25) is 0 Å². The van der Waals surface area contributed by atoms with Gasteiger partial charge in [-0.2, -0.15) is 0 Å². The summed E-state index contributed by atoms with van der Waals surface area (Å²) in [6, 6.07) is 15.6. The smallest absolute Gasteiger partial charge is 0.196 e. The molecule has 4 rings (SSSR count). The first-order valence-electron chi connectivity index (χ1n) is 9.58. The molecular formula is C24H21ClN2O6. The normalized spacial score (nSPS) is 15.2. The molecule has 4 N–H and O–H groups in total. The van der Waals surface area contributed by atoms with Crippen molar-refractivity contribution in [3.63, 3.8) is 0 Å². The Morgan fingerprint density at radius 1 is 0.818 bits per heavy atom. The van der Waals surface area contributed by atoms with Gasteiger partial charge < -0.3 is 15.2 Å². The van der Waals surface area contributed by atoms with Crippen LogP contribution in [0.25, 0.3) is 11.3 Å². The molecule has 1 heterocycles. The zero-order chi connectivity index (χ0) is 24.0. The van der Waals surface area contributed by atoms with Gasteiger partial charge in [-0.05, 0) is 71.8 Å². The van der Waals surface area contributed by atoms with Gasteiger partial charge in [-0.25, -0.2) is 18.6 Å². The number of halogens is 1. The van der Waals surface area contributed by atoms with Gasteiger partial charge in [0.25, 0.3) is 0 Å². The van der Waals surface area contributed by atoms with Crippen LogP contribution in [-0.4, -0.2) is 12.8 Å². The molecule has 0 radical (unpaired) electrons. The van der Waals surface area contributed by atoms with Crippen molar-refractivity contribution in [3.8, 4) is 5.75 Å². The van der Waals surface area contributed by atoms with E-state index in [0.29, 0.717) is 11.4 Å². The summed E-state index contributed by atoms with van der Waals surface area (Å²) in [7, 11) is -3.28. The van der Waals surface area contributed by atoms with Crippen LogP contribution < -0.4 is 34.5 Å². The number of methoxy groups -OCH3 is 1. The van der Waals surface area contributed by atoms with Gasteiger partial charge >= 0.3 is 0 Å². The number of allylic oxidation sites excluding steroid dienone is 8. The molecule has 0 saturated heterocycles. The second-order valence-electron chi connectivity index (χ2n) is 6.93. The van der Waals surface area contributed by atoms with Crippen LogP contribution in [0, 0.1) is 10.2 Å². The highest BCUT2D eigenvalue weighted by atomic mass is 35.7. The predicted molar refractivity (Wildman–Crippen MR) is 113 cm³/mol. The van der Waals surface area contributed by atoms with Crippen LogP contribution in [-0.2, 0) is 4.74 Å². The molecule has 2 aromatic carbocycles. The predicted octanol–water partition coefficient (Wildman–Crippen LogP) is -1.44. The summed E-state index contributed by atoms with van der Waals surface area (Å²) < 4.78 is 45.5. The molecular weight excluding hydrogens is 448 g/mol. The van der Waals surface area contributed by atoms with Gasteiger partial charge in [0.1, 0.15) is 17.3 Å². The van der Waals surface area contributed by atoms with E-state index in [9.17, 15) is 0 Å². The van der Waals surface area contributed by atoms with Gasteiger partial charge in [-0.1, -0.05) is 12.1 Å². The Kier molecular flexibility index (Phi) is 7.49. The van der Waals surface area contributed by atoms with E-state index in [0.717, 1.165) is 39.5 Å². The molecule has 0 spiro atoms. The standard InChI is InChI=1S/C24H20N2O2.ClHO4/c1-27-22-12-6-16(7-13-22)19-14-23(17-2-8-20(25)9-3-17)28-24(15-19)18-4-10-21(26)11-5-18;2-1(3,4)5/h2-15,25H,26H2,1H3;(H,2,3,4,5). The second-order valence-corrected chi connectivity index (χ2v) is 7.68. The molecule has 0 amide bonds. The van der Waals surface area contributed by atoms with Crippen molar-refractivity contribution in [2.24, 2.45) is 0 Å². The van der Waals surface area contributed by atoms with Crippen LogP contribution in [0.3, 0.4) is 0 Å². The minimum Gasteiger partial charge on any atom is -0.497 e. The Balaban J connectivity index is 0.000000555. The van der Waals surface area contributed by atoms with Crippen molar-refractivity contribution in [1.82, 2.24) is 0 Å². The van der Waals surface area contributed by atoms with E-state index in [2.05, 4.69) is 0 Å². The number of hydrogen-bond acceptors (Lipinski definition) is 7. The van der Waals surface area contributed by atoms with E-state index in [1.165, 1.54) is 0 Å². The summed E-state index contributed by atoms with van der Waals surface area (Å²) in [4.78, 5) is 0. The highest BCUT2D eigenvalue weighted by molar-refractivity contribution is 6.01. The Morgan fingerprint density at radius 3 is 1.91 bits per heavy atom. The third kappa shape index (κ3) is 7.18. The molecule has 2 aromatic rings. The fourth-order valence-electron chi connectivity index (χ4n) is 3.03. The molecule has 0 atom stereocenters. The third-order valence-corrected chi connectivity index (χ3v) is 4.61. The molecule has 170 valence electrons. The van der Waals surface area contributed by atoms with E-state index < -0.39 is 10.2 Å². The number of hydrogen-bond donors (Lipinski definition) is 2. The average Bonchev–Trinajstić information content (AvgIpc) is 2.79. The summed E-state index contributed by atoms with van der Waals surface area (Å²) in [6.07, 6.45) is 11.7. The maximum Gasteiger partial charge on any atom is 0.196 e.